The van der Waals surface area contributed by atoms with Gasteiger partial charge in [-0.2, -0.15) is 0 Å². The molecule has 0 aliphatic carbocycles. The molecule has 0 heterocycles. The molecule has 0 atom stereocenters. The van der Waals surface area contributed by atoms with Gasteiger partial charge in [0.2, 0.25) is 0 Å². The van der Waals surface area contributed by atoms with Crippen LogP contribution in [0.5, 0.6) is 0 Å². The van der Waals surface area contributed by atoms with E-state index in [1.807, 2.05) is 0 Å². The van der Waals surface area contributed by atoms with Crippen LogP contribution in [0.2, 0.25) is 0 Å². The zero-order valence-corrected chi connectivity index (χ0v) is 7.33. The molecule has 0 saturated carbocycles. The third kappa shape index (κ3) is 9.90. The van der Waals surface area contributed by atoms with Gasteiger partial charge in [-0.25, -0.2) is 9.59 Å². The van der Waals surface area contributed by atoms with Gasteiger partial charge in [0.1, 0.15) is 0 Å². The number of hydrogen-bond donors (Lipinski definition) is 2. The number of aliphatic carboxylic acids is 2. The minimum atomic E-state index is -1.01. The molecule has 0 fully saturated rings. The lowest BCUT2D eigenvalue weighted by Gasteiger charge is -1.75. The van der Waals surface area contributed by atoms with Crippen molar-refractivity contribution in [1.29, 1.82) is 0 Å². The standard InChI is InChI=1S/C10H10O4/c11-9(12)7-5-3-1-2-4-6-8-10(13)14/h1-8H,(H,11,12)(H,13,14). The summed E-state index contributed by atoms with van der Waals surface area (Å²) in [5.41, 5.74) is 0. The lowest BCUT2D eigenvalue weighted by Crippen LogP contribution is -1.84. The zero-order valence-electron chi connectivity index (χ0n) is 7.33. The lowest BCUT2D eigenvalue weighted by atomic mass is 10.4. The summed E-state index contributed by atoms with van der Waals surface area (Å²) < 4.78 is 0. The van der Waals surface area contributed by atoms with E-state index in [4.69, 9.17) is 10.2 Å². The first-order valence-corrected chi connectivity index (χ1v) is 3.77. The van der Waals surface area contributed by atoms with E-state index in [2.05, 4.69) is 0 Å². The Kier molecular flexibility index (Phi) is 6.41. The van der Waals surface area contributed by atoms with Gasteiger partial charge in [0.05, 0.1) is 0 Å². The van der Waals surface area contributed by atoms with Crippen LogP contribution in [-0.4, -0.2) is 22.2 Å². The Bertz CT molecular complexity index is 276. The number of carboxylic acids is 2. The van der Waals surface area contributed by atoms with Crippen molar-refractivity contribution in [3.05, 3.63) is 48.6 Å². The molecule has 0 rings (SSSR count). The second-order valence-corrected chi connectivity index (χ2v) is 2.16. The van der Waals surface area contributed by atoms with Gasteiger partial charge in [-0.15, -0.1) is 0 Å². The smallest absolute Gasteiger partial charge is 0.328 e. The molecule has 0 aliphatic heterocycles. The fraction of sp³-hybridized carbons (Fsp3) is 0. The number of carbonyl (C=O) groups is 2. The maximum Gasteiger partial charge on any atom is 0.328 e. The third-order valence-electron chi connectivity index (χ3n) is 1.03. The highest BCUT2D eigenvalue weighted by molar-refractivity contribution is 5.80. The molecule has 4 nitrogen and oxygen atoms in total. The van der Waals surface area contributed by atoms with Gasteiger partial charge >= 0.3 is 11.9 Å². The third-order valence-corrected chi connectivity index (χ3v) is 1.03. The van der Waals surface area contributed by atoms with Crippen molar-refractivity contribution in [3.63, 3.8) is 0 Å². The molecule has 0 spiro atoms. The Morgan fingerprint density at radius 3 is 1.21 bits per heavy atom. The van der Waals surface area contributed by atoms with E-state index in [1.165, 1.54) is 24.3 Å². The summed E-state index contributed by atoms with van der Waals surface area (Å²) in [6.45, 7) is 0. The van der Waals surface area contributed by atoms with E-state index in [0.29, 0.717) is 0 Å². The van der Waals surface area contributed by atoms with Gasteiger partial charge in [-0.1, -0.05) is 36.5 Å². The van der Waals surface area contributed by atoms with Gasteiger partial charge in [0, 0.05) is 12.2 Å². The van der Waals surface area contributed by atoms with E-state index >= 15 is 0 Å². The zero-order chi connectivity index (χ0) is 10.8. The maximum atomic E-state index is 9.99. The first kappa shape index (κ1) is 11.9. The van der Waals surface area contributed by atoms with Crippen LogP contribution in [0.15, 0.2) is 48.6 Å². The molecule has 0 aromatic rings. The molecule has 0 bridgehead atoms. The van der Waals surface area contributed by atoms with Gasteiger partial charge < -0.3 is 10.2 Å². The van der Waals surface area contributed by atoms with Crippen molar-refractivity contribution >= 4 is 11.9 Å². The summed E-state index contributed by atoms with van der Waals surface area (Å²) >= 11 is 0. The molecule has 0 aromatic carbocycles. The summed E-state index contributed by atoms with van der Waals surface area (Å²) in [7, 11) is 0. The second kappa shape index (κ2) is 7.54. The van der Waals surface area contributed by atoms with Gasteiger partial charge in [0.25, 0.3) is 0 Å². The molecule has 0 amide bonds. The average Bonchev–Trinajstić information content (AvgIpc) is 2.08. The van der Waals surface area contributed by atoms with Crippen LogP contribution in [0.25, 0.3) is 0 Å². The topological polar surface area (TPSA) is 74.6 Å². The molecule has 0 unspecified atom stereocenters. The number of carboxylic acid groups (broad SMARTS) is 2. The van der Waals surface area contributed by atoms with Crippen molar-refractivity contribution < 1.29 is 19.8 Å². The number of allylic oxidation sites excluding steroid dienone is 6. The Labute approximate surface area is 81.2 Å². The van der Waals surface area contributed by atoms with Crippen LogP contribution in [-0.2, 0) is 9.59 Å². The summed E-state index contributed by atoms with van der Waals surface area (Å²) in [5, 5.41) is 16.4. The molecule has 0 radical (unpaired) electrons. The van der Waals surface area contributed by atoms with E-state index in [9.17, 15) is 9.59 Å². The number of hydrogen-bond acceptors (Lipinski definition) is 2. The van der Waals surface area contributed by atoms with E-state index in [0.717, 1.165) is 12.2 Å². The molecule has 74 valence electrons. The van der Waals surface area contributed by atoms with Gasteiger partial charge in [0.15, 0.2) is 0 Å². The monoisotopic (exact) mass is 194 g/mol. The molecule has 0 aromatic heterocycles. The fourth-order valence-corrected chi connectivity index (χ4v) is 0.532. The molecular formula is C10H10O4. The van der Waals surface area contributed by atoms with Crippen LogP contribution < -0.4 is 0 Å². The summed E-state index contributed by atoms with van der Waals surface area (Å²) in [4.78, 5) is 20.0. The minimum Gasteiger partial charge on any atom is -0.478 e. The van der Waals surface area contributed by atoms with Crippen LogP contribution >= 0.6 is 0 Å². The molecular weight excluding hydrogens is 184 g/mol. The summed E-state index contributed by atoms with van der Waals surface area (Å²) in [6.07, 6.45) is 11.0. The fourth-order valence-electron chi connectivity index (χ4n) is 0.532. The van der Waals surface area contributed by atoms with E-state index in [-0.39, 0.29) is 0 Å². The normalized spacial score (nSPS) is 12.3. The molecule has 0 aliphatic rings. The van der Waals surface area contributed by atoms with Gasteiger partial charge in [-0.05, 0) is 0 Å². The highest BCUT2D eigenvalue weighted by Crippen LogP contribution is 1.82. The van der Waals surface area contributed by atoms with Crippen molar-refractivity contribution in [2.45, 2.75) is 0 Å². The Morgan fingerprint density at radius 2 is 0.929 bits per heavy atom. The van der Waals surface area contributed by atoms with E-state index < -0.39 is 11.9 Å². The quantitative estimate of drug-likeness (QED) is 0.512. The van der Waals surface area contributed by atoms with Crippen molar-refractivity contribution in [1.82, 2.24) is 0 Å². The average molecular weight is 194 g/mol. The lowest BCUT2D eigenvalue weighted by molar-refractivity contribution is -0.132. The maximum absolute atomic E-state index is 9.99. The van der Waals surface area contributed by atoms with Crippen LogP contribution in [0.1, 0.15) is 0 Å². The first-order chi connectivity index (χ1) is 6.63. The Hall–Kier alpha value is -2.10. The SMILES string of the molecule is O=C(O)C=CC=CC=CC=CC(=O)O. The summed E-state index contributed by atoms with van der Waals surface area (Å²) in [6, 6.07) is 0. The van der Waals surface area contributed by atoms with Crippen molar-refractivity contribution in [2.75, 3.05) is 0 Å². The molecule has 4 heteroatoms. The second-order valence-electron chi connectivity index (χ2n) is 2.16. The molecule has 0 saturated heterocycles. The first-order valence-electron chi connectivity index (χ1n) is 3.77. The van der Waals surface area contributed by atoms with Crippen LogP contribution in [0, 0.1) is 0 Å². The van der Waals surface area contributed by atoms with Gasteiger partial charge in [-0.3, -0.25) is 0 Å². The summed E-state index contributed by atoms with van der Waals surface area (Å²) in [5.74, 6) is -2.02. The molecule has 2 N–H and O–H groups in total. The minimum absolute atomic E-state index is 0.997. The van der Waals surface area contributed by atoms with Crippen LogP contribution in [0.4, 0.5) is 0 Å². The van der Waals surface area contributed by atoms with Crippen molar-refractivity contribution in [2.24, 2.45) is 0 Å². The highest BCUT2D eigenvalue weighted by Gasteiger charge is 1.80. The Balaban J connectivity index is 3.82. The predicted octanol–water partition coefficient (Wildman–Crippen LogP) is 1.38. The Morgan fingerprint density at radius 1 is 0.643 bits per heavy atom. The predicted molar refractivity (Wildman–Crippen MR) is 51.8 cm³/mol. The van der Waals surface area contributed by atoms with E-state index in [1.54, 1.807) is 12.2 Å². The largest absolute Gasteiger partial charge is 0.478 e. The van der Waals surface area contributed by atoms with Crippen LogP contribution in [0.3, 0.4) is 0 Å². The van der Waals surface area contributed by atoms with Crippen molar-refractivity contribution in [3.8, 4) is 0 Å². The number of rotatable bonds is 5. The molecule has 14 heavy (non-hydrogen) atoms. The highest BCUT2D eigenvalue weighted by atomic mass is 16.4.